The minimum Gasteiger partial charge on any atom is -0.497 e. The van der Waals surface area contributed by atoms with E-state index < -0.39 is 10.0 Å². The van der Waals surface area contributed by atoms with Crippen LogP contribution in [-0.4, -0.2) is 38.2 Å². The van der Waals surface area contributed by atoms with E-state index in [2.05, 4.69) is 20.2 Å². The molecule has 10 heteroatoms. The third kappa shape index (κ3) is 5.37. The van der Waals surface area contributed by atoms with Gasteiger partial charge in [-0.15, -0.1) is 10.2 Å². The average molecular weight is 433 g/mol. The van der Waals surface area contributed by atoms with Crippen LogP contribution in [0.4, 0.5) is 5.13 Å². The van der Waals surface area contributed by atoms with Crippen molar-refractivity contribution in [3.05, 3.63) is 65.2 Å². The lowest BCUT2D eigenvalue weighted by molar-refractivity contribution is 0.102. The Balaban J connectivity index is 1.59. The monoisotopic (exact) mass is 432 g/mol. The fraction of sp³-hybridized carbons (Fsp3) is 0.211. The van der Waals surface area contributed by atoms with Crippen LogP contribution in [-0.2, 0) is 16.4 Å². The number of carbonyl (C=O) groups is 1. The standard InChI is InChI=1S/C19H20N4O4S2/c1-13-5-3-4-6-16(13)17(24)21-18-22-23-19(28-18)29(25,26)20-12-11-14-7-9-15(27-2)10-8-14/h3-10,20H,11-12H2,1-2H3,(H,21,22,24). The van der Waals surface area contributed by atoms with Gasteiger partial charge in [0.05, 0.1) is 7.11 Å². The summed E-state index contributed by atoms with van der Waals surface area (Å²) in [7, 11) is -2.23. The lowest BCUT2D eigenvalue weighted by Gasteiger charge is -2.05. The highest BCUT2D eigenvalue weighted by Crippen LogP contribution is 2.21. The van der Waals surface area contributed by atoms with E-state index in [1.54, 1.807) is 19.2 Å². The van der Waals surface area contributed by atoms with Gasteiger partial charge in [0.15, 0.2) is 0 Å². The van der Waals surface area contributed by atoms with Crippen LogP contribution in [0.1, 0.15) is 21.5 Å². The number of sulfonamides is 1. The molecule has 152 valence electrons. The molecule has 3 aromatic rings. The van der Waals surface area contributed by atoms with E-state index in [0.717, 1.165) is 28.2 Å². The third-order valence-corrected chi connectivity index (χ3v) is 6.78. The second kappa shape index (κ2) is 9.12. The van der Waals surface area contributed by atoms with Crippen molar-refractivity contribution in [1.29, 1.82) is 0 Å². The molecule has 2 N–H and O–H groups in total. The van der Waals surface area contributed by atoms with Gasteiger partial charge in [-0.2, -0.15) is 0 Å². The number of methoxy groups -OCH3 is 1. The number of rotatable bonds is 8. The number of nitrogens with zero attached hydrogens (tertiary/aromatic N) is 2. The van der Waals surface area contributed by atoms with Crippen molar-refractivity contribution >= 4 is 32.4 Å². The maximum Gasteiger partial charge on any atom is 0.269 e. The molecule has 0 aliphatic heterocycles. The zero-order valence-corrected chi connectivity index (χ0v) is 17.5. The summed E-state index contributed by atoms with van der Waals surface area (Å²) in [6.45, 7) is 2.02. The maximum atomic E-state index is 12.4. The Morgan fingerprint density at radius 2 is 1.83 bits per heavy atom. The van der Waals surface area contributed by atoms with E-state index in [0.29, 0.717) is 12.0 Å². The molecule has 0 atom stereocenters. The molecule has 0 unspecified atom stereocenters. The highest BCUT2D eigenvalue weighted by molar-refractivity contribution is 7.91. The van der Waals surface area contributed by atoms with Gasteiger partial charge in [-0.1, -0.05) is 41.7 Å². The number of ether oxygens (including phenoxy) is 1. The van der Waals surface area contributed by atoms with Crippen molar-refractivity contribution in [2.24, 2.45) is 0 Å². The van der Waals surface area contributed by atoms with Crippen LogP contribution in [0.5, 0.6) is 5.75 Å². The van der Waals surface area contributed by atoms with E-state index in [1.165, 1.54) is 0 Å². The first kappa shape index (κ1) is 20.9. The minimum absolute atomic E-state index is 0.119. The van der Waals surface area contributed by atoms with Gasteiger partial charge in [0.25, 0.3) is 15.9 Å². The second-order valence-electron chi connectivity index (χ2n) is 6.14. The summed E-state index contributed by atoms with van der Waals surface area (Å²) in [5.74, 6) is 0.374. The zero-order chi connectivity index (χ0) is 20.9. The zero-order valence-electron chi connectivity index (χ0n) is 15.9. The molecule has 0 spiro atoms. The van der Waals surface area contributed by atoms with Crippen molar-refractivity contribution in [1.82, 2.24) is 14.9 Å². The van der Waals surface area contributed by atoms with Gasteiger partial charge < -0.3 is 4.74 Å². The van der Waals surface area contributed by atoms with Gasteiger partial charge >= 0.3 is 0 Å². The Bertz CT molecular complexity index is 1100. The van der Waals surface area contributed by atoms with E-state index in [1.807, 2.05) is 43.3 Å². The average Bonchev–Trinajstić information content (AvgIpc) is 3.18. The predicted molar refractivity (Wildman–Crippen MR) is 111 cm³/mol. The molecule has 0 aliphatic rings. The predicted octanol–water partition coefficient (Wildman–Crippen LogP) is 2.63. The van der Waals surface area contributed by atoms with Gasteiger partial charge in [0.1, 0.15) is 5.75 Å². The summed E-state index contributed by atoms with van der Waals surface area (Å²) in [6, 6.07) is 14.5. The number of hydrogen-bond donors (Lipinski definition) is 2. The molecule has 2 aromatic carbocycles. The van der Waals surface area contributed by atoms with E-state index >= 15 is 0 Å². The maximum absolute atomic E-state index is 12.4. The molecule has 29 heavy (non-hydrogen) atoms. The molecule has 0 saturated heterocycles. The van der Waals surface area contributed by atoms with Crippen LogP contribution in [0, 0.1) is 6.92 Å². The van der Waals surface area contributed by atoms with E-state index in [9.17, 15) is 13.2 Å². The number of aryl methyl sites for hydroxylation is 1. The number of amides is 1. The molecule has 3 rings (SSSR count). The first-order valence-corrected chi connectivity index (χ1v) is 11.0. The second-order valence-corrected chi connectivity index (χ2v) is 9.06. The highest BCUT2D eigenvalue weighted by Gasteiger charge is 2.21. The van der Waals surface area contributed by atoms with Crippen molar-refractivity contribution in [3.63, 3.8) is 0 Å². The summed E-state index contributed by atoms with van der Waals surface area (Å²) in [5, 5.41) is 10.2. The molecule has 0 radical (unpaired) electrons. The molecule has 8 nitrogen and oxygen atoms in total. The Labute approximate surface area is 173 Å². The number of hydrogen-bond acceptors (Lipinski definition) is 7. The largest absolute Gasteiger partial charge is 0.497 e. The van der Waals surface area contributed by atoms with Crippen LogP contribution in [0.15, 0.2) is 52.9 Å². The molecule has 1 heterocycles. The first-order valence-electron chi connectivity index (χ1n) is 8.72. The van der Waals surface area contributed by atoms with Crippen LogP contribution in [0.3, 0.4) is 0 Å². The van der Waals surface area contributed by atoms with Crippen molar-refractivity contribution < 1.29 is 17.9 Å². The molecular weight excluding hydrogens is 412 g/mol. The third-order valence-electron chi connectivity index (χ3n) is 4.11. The number of anilines is 1. The molecular formula is C19H20N4O4S2. The SMILES string of the molecule is COc1ccc(CCNS(=O)(=O)c2nnc(NC(=O)c3ccccc3C)s2)cc1. The fourth-order valence-electron chi connectivity index (χ4n) is 2.54. The number of nitrogens with one attached hydrogen (secondary N) is 2. The van der Waals surface area contributed by atoms with Crippen LogP contribution >= 0.6 is 11.3 Å². The summed E-state index contributed by atoms with van der Waals surface area (Å²) < 4.78 is 32.2. The van der Waals surface area contributed by atoms with Gasteiger partial charge in [-0.05, 0) is 42.7 Å². The van der Waals surface area contributed by atoms with Gasteiger partial charge in [0, 0.05) is 12.1 Å². The van der Waals surface area contributed by atoms with Gasteiger partial charge in [-0.25, -0.2) is 13.1 Å². The quantitative estimate of drug-likeness (QED) is 0.530. The highest BCUT2D eigenvalue weighted by atomic mass is 32.2. The van der Waals surface area contributed by atoms with Crippen LogP contribution < -0.4 is 14.8 Å². The Hall–Kier alpha value is -2.82. The summed E-state index contributed by atoms with van der Waals surface area (Å²) in [6.07, 6.45) is 0.513. The number of carbonyl (C=O) groups excluding carboxylic acids is 1. The molecule has 1 aromatic heterocycles. The van der Waals surface area contributed by atoms with Gasteiger partial charge in [0.2, 0.25) is 9.47 Å². The Kier molecular flexibility index (Phi) is 6.57. The lowest BCUT2D eigenvalue weighted by Crippen LogP contribution is -2.25. The first-order chi connectivity index (χ1) is 13.9. The van der Waals surface area contributed by atoms with Crippen molar-refractivity contribution in [3.8, 4) is 5.75 Å². The van der Waals surface area contributed by atoms with E-state index in [-0.39, 0.29) is 21.9 Å². The lowest BCUT2D eigenvalue weighted by atomic mass is 10.1. The Morgan fingerprint density at radius 3 is 2.52 bits per heavy atom. The topological polar surface area (TPSA) is 110 Å². The fourth-order valence-corrected chi connectivity index (χ4v) is 4.51. The van der Waals surface area contributed by atoms with Crippen molar-refractivity contribution in [2.75, 3.05) is 19.0 Å². The molecule has 0 bridgehead atoms. The van der Waals surface area contributed by atoms with Gasteiger partial charge in [-0.3, -0.25) is 10.1 Å². The smallest absolute Gasteiger partial charge is 0.269 e. The molecule has 1 amide bonds. The summed E-state index contributed by atoms with van der Waals surface area (Å²) >= 11 is 0.799. The molecule has 0 fully saturated rings. The minimum atomic E-state index is -3.81. The van der Waals surface area contributed by atoms with E-state index in [4.69, 9.17) is 4.74 Å². The van der Waals surface area contributed by atoms with Crippen molar-refractivity contribution in [2.45, 2.75) is 17.7 Å². The summed E-state index contributed by atoms with van der Waals surface area (Å²) in [4.78, 5) is 12.3. The van der Waals surface area contributed by atoms with Crippen LogP contribution in [0.2, 0.25) is 0 Å². The normalized spacial score (nSPS) is 11.2. The Morgan fingerprint density at radius 1 is 1.10 bits per heavy atom. The number of aromatic nitrogens is 2. The van der Waals surface area contributed by atoms with Crippen LogP contribution in [0.25, 0.3) is 0 Å². The molecule has 0 aliphatic carbocycles. The summed E-state index contributed by atoms with van der Waals surface area (Å²) in [5.41, 5.74) is 2.27. The number of benzene rings is 2. The molecule has 0 saturated carbocycles.